The fourth-order valence-corrected chi connectivity index (χ4v) is 3.23. The highest BCUT2D eigenvalue weighted by Crippen LogP contribution is 2.26. The Balaban J connectivity index is 2.04. The van der Waals surface area contributed by atoms with Crippen LogP contribution in [0.3, 0.4) is 0 Å². The van der Waals surface area contributed by atoms with Crippen LogP contribution in [0, 0.1) is 0 Å². The Morgan fingerprint density at radius 2 is 1.95 bits per heavy atom. The molecule has 1 aliphatic carbocycles. The van der Waals surface area contributed by atoms with Gasteiger partial charge >= 0.3 is 0 Å². The number of sulfone groups is 1. The monoisotopic (exact) mass is 298 g/mol. The van der Waals surface area contributed by atoms with Crippen molar-refractivity contribution in [3.63, 3.8) is 0 Å². The molecule has 3 atom stereocenters. The number of benzene rings is 1. The predicted octanol–water partition coefficient (Wildman–Crippen LogP) is 1.40. The summed E-state index contributed by atoms with van der Waals surface area (Å²) in [7, 11) is -3.14. The lowest BCUT2D eigenvalue weighted by atomic mass is 9.83. The Morgan fingerprint density at radius 1 is 1.30 bits per heavy atom. The largest absolute Gasteiger partial charge is 0.378 e. The van der Waals surface area contributed by atoms with Gasteiger partial charge in [-0.3, -0.25) is 0 Å². The second-order valence-corrected chi connectivity index (χ2v) is 7.27. The number of nitrogens with one attached hydrogen (secondary N) is 1. The first-order valence-corrected chi connectivity index (χ1v) is 8.59. The second kappa shape index (κ2) is 6.11. The highest BCUT2D eigenvalue weighted by molar-refractivity contribution is 7.91. The van der Waals surface area contributed by atoms with Crippen molar-refractivity contribution in [1.82, 2.24) is 0 Å². The maximum absolute atomic E-state index is 11.7. The Bertz CT molecular complexity index is 540. The summed E-state index contributed by atoms with van der Waals surface area (Å²) in [6.45, 7) is 4.27. The summed E-state index contributed by atoms with van der Waals surface area (Å²) in [6.07, 6.45) is 0.988. The van der Waals surface area contributed by atoms with E-state index in [2.05, 4.69) is 5.32 Å². The van der Waals surface area contributed by atoms with Crippen LogP contribution in [0.25, 0.3) is 0 Å². The summed E-state index contributed by atoms with van der Waals surface area (Å²) in [6, 6.07) is 6.96. The summed E-state index contributed by atoms with van der Waals surface area (Å²) in [5.74, 6) is 0.111. The second-order valence-electron chi connectivity index (χ2n) is 4.99. The van der Waals surface area contributed by atoms with Crippen LogP contribution in [0.2, 0.25) is 0 Å². The molecule has 0 aromatic heterocycles. The topological polar surface area (TPSA) is 81.4 Å². The first-order valence-electron chi connectivity index (χ1n) is 6.94. The molecule has 0 radical (unpaired) electrons. The van der Waals surface area contributed by atoms with E-state index in [1.807, 2.05) is 6.92 Å². The standard InChI is InChI=1S/C14H22N2O3S/c1-3-19-13-9-12(15)14(13)16-10-5-7-11(8-6-10)20(17,18)4-2/h5-8,12-14,16H,3-4,9,15H2,1-2H3. The molecule has 0 saturated heterocycles. The maximum Gasteiger partial charge on any atom is 0.178 e. The van der Waals surface area contributed by atoms with Crippen molar-refractivity contribution in [2.24, 2.45) is 5.73 Å². The average Bonchev–Trinajstić information content (AvgIpc) is 2.45. The van der Waals surface area contributed by atoms with E-state index in [1.165, 1.54) is 0 Å². The lowest BCUT2D eigenvalue weighted by molar-refractivity contribution is -0.0126. The molecule has 0 spiro atoms. The Morgan fingerprint density at radius 3 is 2.45 bits per heavy atom. The predicted molar refractivity (Wildman–Crippen MR) is 79.6 cm³/mol. The molecular weight excluding hydrogens is 276 g/mol. The van der Waals surface area contributed by atoms with Crippen LogP contribution >= 0.6 is 0 Å². The van der Waals surface area contributed by atoms with Crippen LogP contribution in [0.5, 0.6) is 0 Å². The van der Waals surface area contributed by atoms with Crippen LogP contribution in [0.1, 0.15) is 20.3 Å². The number of anilines is 1. The number of ether oxygens (including phenoxy) is 1. The molecule has 20 heavy (non-hydrogen) atoms. The Hall–Kier alpha value is -1.11. The fraction of sp³-hybridized carbons (Fsp3) is 0.571. The Labute approximate surface area is 120 Å². The van der Waals surface area contributed by atoms with Crippen LogP contribution in [0.4, 0.5) is 5.69 Å². The molecule has 1 aliphatic rings. The zero-order chi connectivity index (χ0) is 14.8. The van der Waals surface area contributed by atoms with Crippen molar-refractivity contribution in [2.45, 2.75) is 43.4 Å². The van der Waals surface area contributed by atoms with Gasteiger partial charge < -0.3 is 15.8 Å². The van der Waals surface area contributed by atoms with Gasteiger partial charge in [0.05, 0.1) is 22.8 Å². The van der Waals surface area contributed by atoms with Gasteiger partial charge in [-0.2, -0.15) is 0 Å². The molecular formula is C14H22N2O3S. The van der Waals surface area contributed by atoms with E-state index in [1.54, 1.807) is 31.2 Å². The molecule has 3 N–H and O–H groups in total. The van der Waals surface area contributed by atoms with Crippen molar-refractivity contribution in [3.05, 3.63) is 24.3 Å². The van der Waals surface area contributed by atoms with Crippen LogP contribution in [0.15, 0.2) is 29.2 Å². The van der Waals surface area contributed by atoms with Gasteiger partial charge in [0.2, 0.25) is 0 Å². The molecule has 112 valence electrons. The van der Waals surface area contributed by atoms with E-state index in [0.29, 0.717) is 11.5 Å². The minimum atomic E-state index is -3.14. The maximum atomic E-state index is 11.7. The molecule has 0 bridgehead atoms. The minimum Gasteiger partial charge on any atom is -0.378 e. The van der Waals surface area contributed by atoms with Gasteiger partial charge in [0.1, 0.15) is 0 Å². The molecule has 0 aliphatic heterocycles. The van der Waals surface area contributed by atoms with Crippen LogP contribution in [-0.4, -0.2) is 39.0 Å². The molecule has 0 heterocycles. The zero-order valence-corrected chi connectivity index (χ0v) is 12.7. The van der Waals surface area contributed by atoms with Gasteiger partial charge in [-0.15, -0.1) is 0 Å². The number of nitrogens with two attached hydrogens (primary N) is 1. The van der Waals surface area contributed by atoms with Crippen LogP contribution < -0.4 is 11.1 Å². The summed E-state index contributed by atoms with van der Waals surface area (Å²) >= 11 is 0. The highest BCUT2D eigenvalue weighted by atomic mass is 32.2. The summed E-state index contributed by atoms with van der Waals surface area (Å²) < 4.78 is 29.1. The number of rotatable bonds is 6. The molecule has 5 nitrogen and oxygen atoms in total. The fourth-order valence-electron chi connectivity index (χ4n) is 2.34. The summed E-state index contributed by atoms with van der Waals surface area (Å²) in [5, 5.41) is 3.31. The molecule has 3 unspecified atom stereocenters. The zero-order valence-electron chi connectivity index (χ0n) is 11.9. The molecule has 1 fully saturated rings. The van der Waals surface area contributed by atoms with Crippen molar-refractivity contribution >= 4 is 15.5 Å². The van der Waals surface area contributed by atoms with Gasteiger partial charge in [0.25, 0.3) is 0 Å². The van der Waals surface area contributed by atoms with Crippen molar-refractivity contribution in [1.29, 1.82) is 0 Å². The lowest BCUT2D eigenvalue weighted by Gasteiger charge is -2.43. The summed E-state index contributed by atoms with van der Waals surface area (Å²) in [4.78, 5) is 0.352. The lowest BCUT2D eigenvalue weighted by Crippen LogP contribution is -2.60. The van der Waals surface area contributed by atoms with E-state index in [0.717, 1.165) is 12.1 Å². The van der Waals surface area contributed by atoms with Crippen LogP contribution in [-0.2, 0) is 14.6 Å². The van der Waals surface area contributed by atoms with Crippen molar-refractivity contribution in [2.75, 3.05) is 17.7 Å². The average molecular weight is 298 g/mol. The molecule has 1 saturated carbocycles. The van der Waals surface area contributed by atoms with Crippen molar-refractivity contribution < 1.29 is 13.2 Å². The van der Waals surface area contributed by atoms with E-state index >= 15 is 0 Å². The number of hydrogen-bond donors (Lipinski definition) is 2. The molecule has 0 amide bonds. The third kappa shape index (κ3) is 3.13. The first-order chi connectivity index (χ1) is 9.47. The van der Waals surface area contributed by atoms with E-state index in [9.17, 15) is 8.42 Å². The van der Waals surface area contributed by atoms with Gasteiger partial charge in [0, 0.05) is 18.3 Å². The van der Waals surface area contributed by atoms with Gasteiger partial charge in [-0.25, -0.2) is 8.42 Å². The molecule has 1 aromatic rings. The normalized spacial score (nSPS) is 26.1. The third-order valence-corrected chi connectivity index (χ3v) is 5.42. The molecule has 6 heteroatoms. The number of hydrogen-bond acceptors (Lipinski definition) is 5. The van der Waals surface area contributed by atoms with E-state index in [-0.39, 0.29) is 23.9 Å². The van der Waals surface area contributed by atoms with Gasteiger partial charge in [-0.05, 0) is 37.6 Å². The van der Waals surface area contributed by atoms with E-state index in [4.69, 9.17) is 10.5 Å². The van der Waals surface area contributed by atoms with E-state index < -0.39 is 9.84 Å². The smallest absolute Gasteiger partial charge is 0.178 e. The van der Waals surface area contributed by atoms with Gasteiger partial charge in [0.15, 0.2) is 9.84 Å². The Kier molecular flexibility index (Phi) is 4.67. The summed E-state index contributed by atoms with van der Waals surface area (Å²) in [5.41, 5.74) is 6.84. The quantitative estimate of drug-likeness (QED) is 0.829. The third-order valence-electron chi connectivity index (χ3n) is 3.67. The first kappa shape index (κ1) is 15.3. The molecule has 1 aromatic carbocycles. The SMILES string of the molecule is CCOC1CC(N)C1Nc1ccc(S(=O)(=O)CC)cc1. The highest BCUT2D eigenvalue weighted by Gasteiger charge is 2.39. The van der Waals surface area contributed by atoms with Crippen molar-refractivity contribution in [3.8, 4) is 0 Å². The van der Waals surface area contributed by atoms with Gasteiger partial charge in [-0.1, -0.05) is 6.92 Å². The molecule has 2 rings (SSSR count). The minimum absolute atomic E-state index is 0.0746.